The van der Waals surface area contributed by atoms with Gasteiger partial charge in [-0.25, -0.2) is 13.2 Å². The van der Waals surface area contributed by atoms with Gasteiger partial charge < -0.3 is 15.2 Å². The molecule has 0 aliphatic carbocycles. The Labute approximate surface area is 129 Å². The van der Waals surface area contributed by atoms with E-state index >= 15 is 0 Å². The molecule has 2 amide bonds. The summed E-state index contributed by atoms with van der Waals surface area (Å²) in [6.07, 6.45) is -1.70. The summed E-state index contributed by atoms with van der Waals surface area (Å²) in [5.41, 5.74) is 0.0641. The first kappa shape index (κ1) is 16.8. The summed E-state index contributed by atoms with van der Waals surface area (Å²) < 4.78 is 42.4. The second kappa shape index (κ2) is 7.14. The van der Waals surface area contributed by atoms with Crippen molar-refractivity contribution in [3.63, 3.8) is 0 Å². The fraction of sp³-hybridized carbons (Fsp3) is 0.286. The summed E-state index contributed by atoms with van der Waals surface area (Å²) in [7, 11) is 0. The van der Waals surface area contributed by atoms with E-state index < -0.39 is 30.7 Å². The number of halogens is 3. The number of alkyl halides is 2. The molecule has 0 radical (unpaired) electrons. The highest BCUT2D eigenvalue weighted by atomic mass is 19.3. The standard InChI is InChI=1S/C14H13F3N2O4/c15-9-5-8(1-2-11(9)23-7-12(16)17)18-10-6-13(21)19(3-4-20)14(10)22/h1-2,5-6,12,18,20H,3-4,7H2. The van der Waals surface area contributed by atoms with Crippen LogP contribution in [0.15, 0.2) is 30.0 Å². The zero-order chi connectivity index (χ0) is 17.0. The first-order valence-electron chi connectivity index (χ1n) is 6.58. The van der Waals surface area contributed by atoms with Gasteiger partial charge in [0.2, 0.25) is 0 Å². The number of amides is 2. The van der Waals surface area contributed by atoms with Crippen molar-refractivity contribution in [2.75, 3.05) is 25.1 Å². The van der Waals surface area contributed by atoms with Crippen LogP contribution in [0, 0.1) is 5.82 Å². The minimum atomic E-state index is -2.73. The third kappa shape index (κ3) is 4.01. The molecule has 0 fully saturated rings. The summed E-state index contributed by atoms with van der Waals surface area (Å²) >= 11 is 0. The van der Waals surface area contributed by atoms with Crippen LogP contribution in [0.4, 0.5) is 18.9 Å². The maximum Gasteiger partial charge on any atom is 0.277 e. The van der Waals surface area contributed by atoms with Crippen molar-refractivity contribution in [3.05, 3.63) is 35.8 Å². The van der Waals surface area contributed by atoms with Gasteiger partial charge in [-0.2, -0.15) is 0 Å². The second-order valence-electron chi connectivity index (χ2n) is 4.55. The maximum absolute atomic E-state index is 13.7. The normalized spacial score (nSPS) is 14.5. The van der Waals surface area contributed by atoms with Gasteiger partial charge in [-0.1, -0.05) is 0 Å². The number of anilines is 1. The third-order valence-electron chi connectivity index (χ3n) is 2.91. The number of aliphatic hydroxyl groups excluding tert-OH is 1. The van der Waals surface area contributed by atoms with Gasteiger partial charge in [-0.15, -0.1) is 0 Å². The Kier molecular flexibility index (Phi) is 5.22. The lowest BCUT2D eigenvalue weighted by atomic mass is 10.2. The van der Waals surface area contributed by atoms with Crippen LogP contribution in [0.25, 0.3) is 0 Å². The number of aliphatic hydroxyl groups is 1. The van der Waals surface area contributed by atoms with Crippen molar-refractivity contribution in [1.29, 1.82) is 0 Å². The van der Waals surface area contributed by atoms with Crippen LogP contribution in [-0.4, -0.2) is 48.0 Å². The Bertz CT molecular complexity index is 649. The maximum atomic E-state index is 13.7. The molecule has 23 heavy (non-hydrogen) atoms. The zero-order valence-corrected chi connectivity index (χ0v) is 11.8. The summed E-state index contributed by atoms with van der Waals surface area (Å²) in [5.74, 6) is -2.48. The van der Waals surface area contributed by atoms with Crippen LogP contribution >= 0.6 is 0 Å². The molecular weight excluding hydrogens is 317 g/mol. The molecule has 6 nitrogen and oxygen atoms in total. The van der Waals surface area contributed by atoms with Gasteiger partial charge in [-0.3, -0.25) is 14.5 Å². The quantitative estimate of drug-likeness (QED) is 0.733. The van der Waals surface area contributed by atoms with Crippen LogP contribution in [0.3, 0.4) is 0 Å². The molecule has 1 aliphatic heterocycles. The van der Waals surface area contributed by atoms with E-state index in [-0.39, 0.29) is 30.3 Å². The second-order valence-corrected chi connectivity index (χ2v) is 4.55. The Morgan fingerprint density at radius 1 is 1.30 bits per heavy atom. The summed E-state index contributed by atoms with van der Waals surface area (Å²) in [6.45, 7) is -1.45. The van der Waals surface area contributed by atoms with Gasteiger partial charge in [0.15, 0.2) is 11.6 Å². The van der Waals surface area contributed by atoms with Crippen molar-refractivity contribution in [2.24, 2.45) is 0 Å². The number of carbonyl (C=O) groups excluding carboxylic acids is 2. The number of hydrogen-bond acceptors (Lipinski definition) is 5. The van der Waals surface area contributed by atoms with E-state index in [1.54, 1.807) is 0 Å². The molecule has 0 saturated carbocycles. The highest BCUT2D eigenvalue weighted by molar-refractivity contribution is 6.17. The fourth-order valence-electron chi connectivity index (χ4n) is 1.91. The summed E-state index contributed by atoms with van der Waals surface area (Å²) in [5, 5.41) is 11.4. The number of imide groups is 1. The van der Waals surface area contributed by atoms with E-state index in [4.69, 9.17) is 5.11 Å². The molecule has 1 aromatic carbocycles. The number of rotatable bonds is 7. The van der Waals surface area contributed by atoms with Crippen LogP contribution in [0.5, 0.6) is 5.75 Å². The van der Waals surface area contributed by atoms with E-state index in [0.29, 0.717) is 0 Å². The zero-order valence-electron chi connectivity index (χ0n) is 11.8. The minimum absolute atomic E-state index is 0.0795. The number of nitrogens with one attached hydrogen (secondary N) is 1. The lowest BCUT2D eigenvalue weighted by Gasteiger charge is -2.14. The largest absolute Gasteiger partial charge is 0.485 e. The molecule has 9 heteroatoms. The molecule has 2 rings (SSSR count). The van der Waals surface area contributed by atoms with Gasteiger partial charge in [-0.05, 0) is 12.1 Å². The predicted molar refractivity (Wildman–Crippen MR) is 73.4 cm³/mol. The van der Waals surface area contributed by atoms with Crippen LogP contribution in [0.1, 0.15) is 0 Å². The highest BCUT2D eigenvalue weighted by Gasteiger charge is 2.30. The predicted octanol–water partition coefficient (Wildman–Crippen LogP) is 1.13. The van der Waals surface area contributed by atoms with Gasteiger partial charge in [0, 0.05) is 17.8 Å². The molecule has 2 N–H and O–H groups in total. The van der Waals surface area contributed by atoms with Crippen LogP contribution < -0.4 is 10.1 Å². The van der Waals surface area contributed by atoms with Gasteiger partial charge >= 0.3 is 0 Å². The van der Waals surface area contributed by atoms with Gasteiger partial charge in [0.1, 0.15) is 12.3 Å². The Morgan fingerprint density at radius 2 is 2.04 bits per heavy atom. The summed E-state index contributed by atoms with van der Waals surface area (Å²) in [4.78, 5) is 24.3. The van der Waals surface area contributed by atoms with E-state index in [9.17, 15) is 22.8 Å². The number of β-amino-alcohol motifs (C(OH)–C–C–N with tert-alkyl or cyclic N) is 1. The SMILES string of the molecule is O=C1C=C(Nc2ccc(OCC(F)F)c(F)c2)C(=O)N1CCO. The van der Waals surface area contributed by atoms with Gasteiger partial charge in [0.25, 0.3) is 18.2 Å². The number of nitrogens with zero attached hydrogens (tertiary/aromatic N) is 1. The van der Waals surface area contributed by atoms with E-state index in [2.05, 4.69) is 10.1 Å². The molecule has 1 aromatic rings. The van der Waals surface area contributed by atoms with E-state index in [1.165, 1.54) is 6.07 Å². The van der Waals surface area contributed by atoms with E-state index in [0.717, 1.165) is 23.1 Å². The smallest absolute Gasteiger partial charge is 0.277 e. The lowest BCUT2D eigenvalue weighted by Crippen LogP contribution is -2.34. The van der Waals surface area contributed by atoms with Crippen molar-refractivity contribution in [1.82, 2.24) is 4.90 Å². The van der Waals surface area contributed by atoms with Crippen LogP contribution in [0.2, 0.25) is 0 Å². The molecule has 124 valence electrons. The molecule has 0 bridgehead atoms. The fourth-order valence-corrected chi connectivity index (χ4v) is 1.91. The third-order valence-corrected chi connectivity index (χ3v) is 2.91. The topological polar surface area (TPSA) is 78.9 Å². The molecule has 0 spiro atoms. The molecule has 0 saturated heterocycles. The molecular formula is C14H13F3N2O4. The first-order valence-corrected chi connectivity index (χ1v) is 6.58. The van der Waals surface area contributed by atoms with E-state index in [1.807, 2.05) is 0 Å². The Morgan fingerprint density at radius 3 is 2.65 bits per heavy atom. The monoisotopic (exact) mass is 330 g/mol. The average Bonchev–Trinajstić information content (AvgIpc) is 2.74. The number of ether oxygens (including phenoxy) is 1. The summed E-state index contributed by atoms with van der Waals surface area (Å²) in [6, 6.07) is 3.40. The number of benzene rings is 1. The molecule has 1 heterocycles. The lowest BCUT2D eigenvalue weighted by molar-refractivity contribution is -0.137. The first-order chi connectivity index (χ1) is 10.9. The average molecular weight is 330 g/mol. The van der Waals surface area contributed by atoms with Crippen molar-refractivity contribution >= 4 is 17.5 Å². The molecule has 1 aliphatic rings. The van der Waals surface area contributed by atoms with Crippen molar-refractivity contribution in [3.8, 4) is 5.75 Å². The molecule has 0 unspecified atom stereocenters. The molecule has 0 aromatic heterocycles. The van der Waals surface area contributed by atoms with Crippen molar-refractivity contribution < 1.29 is 32.6 Å². The minimum Gasteiger partial charge on any atom is -0.485 e. The van der Waals surface area contributed by atoms with Gasteiger partial charge in [0.05, 0.1) is 13.2 Å². The Hall–Kier alpha value is -2.55. The Balaban J connectivity index is 2.06. The molecule has 0 atom stereocenters. The highest BCUT2D eigenvalue weighted by Crippen LogP contribution is 2.24. The van der Waals surface area contributed by atoms with Crippen LogP contribution in [-0.2, 0) is 9.59 Å². The van der Waals surface area contributed by atoms with Crippen molar-refractivity contribution in [2.45, 2.75) is 6.43 Å². The number of carbonyl (C=O) groups is 2. The number of hydrogen-bond donors (Lipinski definition) is 2.